The molecule has 180 valence electrons. The Balaban J connectivity index is 1.42. The van der Waals surface area contributed by atoms with E-state index in [-0.39, 0.29) is 11.7 Å². The van der Waals surface area contributed by atoms with Gasteiger partial charge in [-0.25, -0.2) is 10.5 Å². The summed E-state index contributed by atoms with van der Waals surface area (Å²) >= 11 is 6.43. The number of fused-ring (bicyclic) bond motifs is 5. The van der Waals surface area contributed by atoms with Gasteiger partial charge in [-0.3, -0.25) is 0 Å². The van der Waals surface area contributed by atoms with E-state index < -0.39 is 0 Å². The van der Waals surface area contributed by atoms with Crippen LogP contribution in [0.5, 0.6) is 0 Å². The average Bonchev–Trinajstić information content (AvgIpc) is 3.74. The van der Waals surface area contributed by atoms with E-state index in [9.17, 15) is 0 Å². The highest BCUT2D eigenvalue weighted by molar-refractivity contribution is 7.33. The van der Waals surface area contributed by atoms with Crippen molar-refractivity contribution in [2.75, 3.05) is 0 Å². The predicted molar refractivity (Wildman–Crippen MR) is 158 cm³/mol. The minimum absolute atomic E-state index is 0.164. The predicted octanol–water partition coefficient (Wildman–Crippen LogP) is 8.35. The maximum Gasteiger partial charge on any atom is 0.350 e. The standard InChI is InChI=1S/C26H12N8S4/c1-29-19(11-27)31-21-7-5-15(35-21)13-9-18-23(33(13)3)24-26(38-18)25-14(34(24)4)10-17(37-25)16-6-8-22(36-16)32-20(12-28)30-2/h5-10H,3-4H3. The largest absolute Gasteiger partial charge is 0.351 e. The van der Waals surface area contributed by atoms with E-state index in [0.29, 0.717) is 10.0 Å². The highest BCUT2D eigenvalue weighted by atomic mass is 32.1. The summed E-state index contributed by atoms with van der Waals surface area (Å²) in [5.41, 5.74) is 4.58. The van der Waals surface area contributed by atoms with Crippen LogP contribution in [0.4, 0.5) is 10.0 Å². The van der Waals surface area contributed by atoms with Crippen molar-refractivity contribution in [1.29, 1.82) is 10.5 Å². The summed E-state index contributed by atoms with van der Waals surface area (Å²) in [7, 11) is 4.15. The Bertz CT molecular complexity index is 2130. The van der Waals surface area contributed by atoms with Gasteiger partial charge in [-0.05, 0) is 36.4 Å². The van der Waals surface area contributed by atoms with Gasteiger partial charge in [0.2, 0.25) is 10.0 Å². The minimum atomic E-state index is -0.169. The zero-order valence-corrected chi connectivity index (χ0v) is 22.9. The summed E-state index contributed by atoms with van der Waals surface area (Å²) < 4.78 is 8.10. The molecule has 0 aliphatic carbocycles. The maximum absolute atomic E-state index is 9.01. The van der Waals surface area contributed by atoms with Crippen molar-refractivity contribution in [3.05, 3.63) is 59.2 Å². The van der Waals surface area contributed by atoms with Crippen LogP contribution < -0.4 is 0 Å². The third kappa shape index (κ3) is 3.64. The molecule has 0 saturated heterocycles. The molecular weight excluding hydrogens is 553 g/mol. The molecule has 0 spiro atoms. The summed E-state index contributed by atoms with van der Waals surface area (Å²) in [4.78, 5) is 17.7. The molecular formula is C26H12N8S4. The lowest BCUT2D eigenvalue weighted by molar-refractivity contribution is 0.968. The quantitative estimate of drug-likeness (QED) is 0.122. The van der Waals surface area contributed by atoms with Crippen molar-refractivity contribution < 1.29 is 0 Å². The molecule has 6 aromatic rings. The lowest BCUT2D eigenvalue weighted by Crippen LogP contribution is -1.92. The van der Waals surface area contributed by atoms with Crippen molar-refractivity contribution in [1.82, 2.24) is 9.13 Å². The second-order valence-corrected chi connectivity index (χ2v) is 12.3. The molecule has 0 atom stereocenters. The van der Waals surface area contributed by atoms with Crippen LogP contribution in [-0.4, -0.2) is 20.8 Å². The number of aliphatic imine (C=N–C) groups is 2. The number of hydrogen-bond donors (Lipinski definition) is 0. The van der Waals surface area contributed by atoms with E-state index in [1.165, 1.54) is 47.8 Å². The molecule has 0 aliphatic rings. The summed E-state index contributed by atoms with van der Waals surface area (Å²) in [5.74, 6) is -0.333. The molecule has 0 fully saturated rings. The number of hydrogen-bond acceptors (Lipinski definition) is 8. The minimum Gasteiger partial charge on any atom is -0.351 e. The molecule has 0 saturated carbocycles. The van der Waals surface area contributed by atoms with Crippen LogP contribution in [0.25, 0.3) is 60.7 Å². The van der Waals surface area contributed by atoms with Gasteiger partial charge in [-0.1, -0.05) is 45.8 Å². The zero-order valence-electron chi connectivity index (χ0n) is 19.7. The molecule has 0 aromatic carbocycles. The summed E-state index contributed by atoms with van der Waals surface area (Å²) in [5, 5.41) is 19.3. The number of amidine groups is 2. The number of nitrogens with zero attached hydrogens (tertiary/aromatic N) is 8. The number of aromatic nitrogens is 2. The van der Waals surface area contributed by atoms with Crippen LogP contribution in [0, 0.1) is 35.8 Å². The lowest BCUT2D eigenvalue weighted by atomic mass is 10.3. The molecule has 0 aliphatic heterocycles. The van der Waals surface area contributed by atoms with Crippen LogP contribution in [0.15, 0.2) is 46.4 Å². The van der Waals surface area contributed by atoms with Crippen LogP contribution in [0.3, 0.4) is 0 Å². The van der Waals surface area contributed by atoms with Gasteiger partial charge < -0.3 is 18.8 Å². The molecule has 0 N–H and O–H groups in total. The third-order valence-corrected chi connectivity index (χ3v) is 10.6. The highest BCUT2D eigenvalue weighted by Gasteiger charge is 2.23. The van der Waals surface area contributed by atoms with E-state index >= 15 is 0 Å². The SMILES string of the molecule is [C-]#[N+]C(C#N)=Nc1ccc(-c2cc3c(s2)c2sc4cc(-c5ccc(N=C(C#N)[N+]#[C-])s5)n(C)c4c2n3C)s1. The Hall–Kier alpha value is -4.56. The average molecular weight is 565 g/mol. The van der Waals surface area contributed by atoms with Crippen molar-refractivity contribution >= 4 is 97.7 Å². The number of nitriles is 2. The molecule has 8 nitrogen and oxygen atoms in total. The first kappa shape index (κ1) is 23.8. The van der Waals surface area contributed by atoms with Gasteiger partial charge in [0.05, 0.1) is 41.2 Å². The van der Waals surface area contributed by atoms with Gasteiger partial charge in [0.15, 0.2) is 0 Å². The Labute approximate surface area is 232 Å². The summed E-state index contributed by atoms with van der Waals surface area (Å²) in [6.45, 7) is 14.1. The molecule has 6 heterocycles. The molecule has 6 rings (SSSR count). The van der Waals surface area contributed by atoms with E-state index in [0.717, 1.165) is 25.8 Å². The van der Waals surface area contributed by atoms with Crippen molar-refractivity contribution in [2.45, 2.75) is 0 Å². The van der Waals surface area contributed by atoms with E-state index in [1.54, 1.807) is 22.7 Å². The first-order chi connectivity index (χ1) is 18.4. The van der Waals surface area contributed by atoms with Gasteiger partial charge >= 0.3 is 11.7 Å². The lowest BCUT2D eigenvalue weighted by Gasteiger charge is -2.02. The fraction of sp³-hybridized carbons (Fsp3) is 0.0769. The fourth-order valence-electron chi connectivity index (χ4n) is 4.34. The van der Waals surface area contributed by atoms with E-state index in [1.807, 2.05) is 36.4 Å². The normalized spacial score (nSPS) is 12.2. The molecule has 0 bridgehead atoms. The Kier molecular flexibility index (Phi) is 5.69. The molecule has 38 heavy (non-hydrogen) atoms. The number of rotatable bonds is 4. The van der Waals surface area contributed by atoms with Gasteiger partial charge in [-0.15, -0.1) is 22.7 Å². The van der Waals surface area contributed by atoms with Gasteiger partial charge in [-0.2, -0.15) is 0 Å². The zero-order chi connectivity index (χ0) is 26.6. The highest BCUT2D eigenvalue weighted by Crippen LogP contribution is 2.48. The second kappa shape index (κ2) is 9.08. The topological polar surface area (TPSA) is 90.9 Å². The second-order valence-electron chi connectivity index (χ2n) is 8.06. The monoisotopic (exact) mass is 564 g/mol. The molecule has 12 heteroatoms. The van der Waals surface area contributed by atoms with Crippen LogP contribution in [-0.2, 0) is 14.1 Å². The summed E-state index contributed by atoms with van der Waals surface area (Å²) in [6, 6.07) is 15.6. The van der Waals surface area contributed by atoms with Crippen LogP contribution in [0.2, 0.25) is 0 Å². The molecule has 0 amide bonds. The third-order valence-electron chi connectivity index (χ3n) is 5.99. The van der Waals surface area contributed by atoms with Crippen molar-refractivity contribution in [3.8, 4) is 32.5 Å². The van der Waals surface area contributed by atoms with Crippen LogP contribution in [0.1, 0.15) is 0 Å². The number of aryl methyl sites for hydroxylation is 2. The smallest absolute Gasteiger partial charge is 0.350 e. The van der Waals surface area contributed by atoms with Crippen molar-refractivity contribution in [3.63, 3.8) is 0 Å². The first-order valence-corrected chi connectivity index (χ1v) is 14.1. The van der Waals surface area contributed by atoms with E-state index in [2.05, 4.69) is 55.0 Å². The van der Waals surface area contributed by atoms with Gasteiger partial charge in [0.25, 0.3) is 0 Å². The first-order valence-electron chi connectivity index (χ1n) is 10.9. The molecule has 0 unspecified atom stereocenters. The van der Waals surface area contributed by atoms with Gasteiger partial charge in [0, 0.05) is 23.8 Å². The maximum atomic E-state index is 9.01. The molecule has 0 radical (unpaired) electrons. The van der Waals surface area contributed by atoms with Gasteiger partial charge in [0.1, 0.15) is 12.1 Å². The number of thiophene rings is 4. The van der Waals surface area contributed by atoms with Crippen molar-refractivity contribution in [2.24, 2.45) is 24.1 Å². The Morgan fingerprint density at radius 2 is 1.39 bits per heavy atom. The fourth-order valence-corrected chi connectivity index (χ4v) is 8.85. The summed E-state index contributed by atoms with van der Waals surface area (Å²) in [6.07, 6.45) is 0. The molecule has 6 aromatic heterocycles. The van der Waals surface area contributed by atoms with Crippen LogP contribution >= 0.6 is 45.3 Å². The Morgan fingerprint density at radius 3 is 2.03 bits per heavy atom. The van der Waals surface area contributed by atoms with E-state index in [4.69, 9.17) is 23.7 Å². The Morgan fingerprint density at radius 1 is 0.763 bits per heavy atom.